The molecular weight excluding hydrogens is 651 g/mol. The molecule has 1 unspecified atom stereocenters. The average molecular weight is 705 g/mol. The summed E-state index contributed by atoms with van der Waals surface area (Å²) in [7, 11) is -3.87. The van der Waals surface area contributed by atoms with E-state index in [0.717, 1.165) is 32.1 Å². The van der Waals surface area contributed by atoms with Crippen LogP contribution < -0.4 is 0 Å². The standard InChI is InChI=1S/C37H53F5O5S/c1-23(31(48(45,46)26-7-5-4-6-8-26)22-35(43)17-13-25(14-18-35)47-32(38)39)28-11-12-29-27-10-9-24-21-36(44,37(40,41)42)20-19-33(24,2)30(27)15-16-34(28,29)3/h4-8,23-25,27-32,43-44H,9-22H2,1-3H3/t23-,24-,25?,27-,28+,29-,30-,31?,33-,34+,35?,36-/m0/s1. The predicted octanol–water partition coefficient (Wildman–Crippen LogP) is 8.72. The Hall–Kier alpha value is -1.30. The van der Waals surface area contributed by atoms with Gasteiger partial charge in [-0.15, -0.1) is 0 Å². The fourth-order valence-corrected chi connectivity index (χ4v) is 14.2. The Labute approximate surface area is 282 Å². The number of sulfone groups is 1. The van der Waals surface area contributed by atoms with Gasteiger partial charge in [-0.2, -0.15) is 22.0 Å². The zero-order valence-corrected chi connectivity index (χ0v) is 29.2. The summed E-state index contributed by atoms with van der Waals surface area (Å²) in [6.45, 7) is 3.58. The molecule has 0 bridgehead atoms. The van der Waals surface area contributed by atoms with Crippen molar-refractivity contribution >= 4 is 9.84 Å². The maximum Gasteiger partial charge on any atom is 0.417 e. The van der Waals surface area contributed by atoms with Gasteiger partial charge in [0, 0.05) is 0 Å². The van der Waals surface area contributed by atoms with Gasteiger partial charge in [0.15, 0.2) is 15.4 Å². The number of rotatable bonds is 8. The highest BCUT2D eigenvalue weighted by Gasteiger charge is 2.65. The summed E-state index contributed by atoms with van der Waals surface area (Å²) in [6.07, 6.45) is 0.481. The van der Waals surface area contributed by atoms with E-state index in [0.29, 0.717) is 24.7 Å². The summed E-state index contributed by atoms with van der Waals surface area (Å²) >= 11 is 0. The largest absolute Gasteiger partial charge is 0.417 e. The molecular formula is C37H53F5O5S. The van der Waals surface area contributed by atoms with E-state index in [1.54, 1.807) is 30.3 Å². The molecule has 0 radical (unpaired) electrons. The highest BCUT2D eigenvalue weighted by atomic mass is 32.2. The fraction of sp³-hybridized carbons (Fsp3) is 0.838. The normalized spacial score (nSPS) is 43.2. The molecule has 5 fully saturated rings. The van der Waals surface area contributed by atoms with Gasteiger partial charge < -0.3 is 14.9 Å². The van der Waals surface area contributed by atoms with Crippen molar-refractivity contribution < 1.29 is 45.3 Å². The number of hydrogen-bond donors (Lipinski definition) is 2. The minimum absolute atomic E-state index is 0.0258. The maximum absolute atomic E-state index is 14.4. The van der Waals surface area contributed by atoms with Gasteiger partial charge in [0.05, 0.1) is 21.9 Å². The third-order valence-electron chi connectivity index (χ3n) is 14.8. The fourth-order valence-electron chi connectivity index (χ4n) is 12.0. The van der Waals surface area contributed by atoms with Crippen molar-refractivity contribution in [2.45, 2.75) is 151 Å². The summed E-state index contributed by atoms with van der Waals surface area (Å²) in [6, 6.07) is 8.35. The van der Waals surface area contributed by atoms with Crippen LogP contribution in [0.15, 0.2) is 35.2 Å². The number of ether oxygens (including phenoxy) is 1. The second kappa shape index (κ2) is 12.7. The van der Waals surface area contributed by atoms with E-state index in [4.69, 9.17) is 4.74 Å². The molecule has 0 aliphatic heterocycles. The topological polar surface area (TPSA) is 83.8 Å². The lowest BCUT2D eigenvalue weighted by Crippen LogP contribution is -2.59. The van der Waals surface area contributed by atoms with Crippen molar-refractivity contribution in [3.63, 3.8) is 0 Å². The van der Waals surface area contributed by atoms with Crippen LogP contribution in [0.5, 0.6) is 0 Å². The molecule has 5 saturated carbocycles. The van der Waals surface area contributed by atoms with Crippen molar-refractivity contribution in [1.29, 1.82) is 0 Å². The van der Waals surface area contributed by atoms with E-state index in [-0.39, 0.29) is 84.3 Å². The summed E-state index contributed by atoms with van der Waals surface area (Å²) < 4.78 is 101. The first kappa shape index (κ1) is 36.5. The molecule has 5 nitrogen and oxygen atoms in total. The van der Waals surface area contributed by atoms with E-state index in [2.05, 4.69) is 13.8 Å². The lowest BCUT2D eigenvalue weighted by atomic mass is 9.43. The van der Waals surface area contributed by atoms with Crippen molar-refractivity contribution in [3.05, 3.63) is 30.3 Å². The molecule has 6 rings (SSSR count). The van der Waals surface area contributed by atoms with Crippen LogP contribution in [0.25, 0.3) is 0 Å². The molecule has 0 spiro atoms. The predicted molar refractivity (Wildman–Crippen MR) is 172 cm³/mol. The van der Waals surface area contributed by atoms with E-state index in [1.165, 1.54) is 0 Å². The van der Waals surface area contributed by atoms with Gasteiger partial charge in [-0.1, -0.05) is 39.0 Å². The van der Waals surface area contributed by atoms with Crippen LogP contribution in [-0.4, -0.2) is 54.0 Å². The second-order valence-corrected chi connectivity index (χ2v) is 19.1. The van der Waals surface area contributed by atoms with Crippen molar-refractivity contribution in [2.75, 3.05) is 0 Å². The molecule has 0 aromatic heterocycles. The Morgan fingerprint density at radius 3 is 2.12 bits per heavy atom. The number of halogens is 5. The highest BCUT2D eigenvalue weighted by molar-refractivity contribution is 7.92. The van der Waals surface area contributed by atoms with Crippen LogP contribution in [0.2, 0.25) is 0 Å². The smallest absolute Gasteiger partial charge is 0.390 e. The van der Waals surface area contributed by atoms with Crippen LogP contribution in [0.4, 0.5) is 22.0 Å². The first-order valence-corrected chi connectivity index (χ1v) is 19.6. The maximum atomic E-state index is 14.4. The number of fused-ring (bicyclic) bond motifs is 5. The summed E-state index contributed by atoms with van der Waals surface area (Å²) in [5.41, 5.74) is -4.34. The summed E-state index contributed by atoms with van der Waals surface area (Å²) in [5.74, 6) is 0.552. The van der Waals surface area contributed by atoms with Gasteiger partial charge in [0.2, 0.25) is 0 Å². The molecule has 10 atom stereocenters. The van der Waals surface area contributed by atoms with Gasteiger partial charge in [-0.05, 0) is 148 Å². The molecule has 1 aromatic rings. The minimum Gasteiger partial charge on any atom is -0.390 e. The molecule has 5 aliphatic rings. The SMILES string of the molecule is C[C@H](C(CC1(O)CCC(OC(F)F)CC1)S(=O)(=O)c1ccccc1)[C@H]1CC[C@H]2[C@@H]3CC[C@H]4C[C@](O)(C(F)(F)F)CC[C@]4(C)[C@H]3CC[C@]12C. The molecule has 0 saturated heterocycles. The first-order chi connectivity index (χ1) is 22.3. The van der Waals surface area contributed by atoms with Gasteiger partial charge in [-0.3, -0.25) is 0 Å². The Morgan fingerprint density at radius 2 is 1.50 bits per heavy atom. The van der Waals surface area contributed by atoms with Gasteiger partial charge in [0.25, 0.3) is 0 Å². The minimum atomic E-state index is -4.63. The zero-order chi connectivity index (χ0) is 34.9. The second-order valence-electron chi connectivity index (χ2n) is 16.9. The highest BCUT2D eigenvalue weighted by Crippen LogP contribution is 2.69. The monoisotopic (exact) mass is 704 g/mol. The third kappa shape index (κ3) is 6.27. The van der Waals surface area contributed by atoms with E-state index >= 15 is 0 Å². The van der Waals surface area contributed by atoms with E-state index in [1.807, 2.05) is 6.92 Å². The Balaban J connectivity index is 1.24. The molecule has 5 aliphatic carbocycles. The Morgan fingerprint density at radius 1 is 0.854 bits per heavy atom. The number of alkyl halides is 5. The average Bonchev–Trinajstić information content (AvgIpc) is 3.38. The van der Waals surface area contributed by atoms with Crippen LogP contribution in [0, 0.1) is 46.3 Å². The van der Waals surface area contributed by atoms with Crippen molar-refractivity contribution in [3.8, 4) is 0 Å². The number of benzene rings is 1. The van der Waals surface area contributed by atoms with Crippen molar-refractivity contribution in [2.24, 2.45) is 46.3 Å². The third-order valence-corrected chi connectivity index (χ3v) is 17.1. The summed E-state index contributed by atoms with van der Waals surface area (Å²) in [4.78, 5) is 0.214. The quantitative estimate of drug-likeness (QED) is 0.265. The Bertz CT molecular complexity index is 1400. The summed E-state index contributed by atoms with van der Waals surface area (Å²) in [5, 5.41) is 21.5. The number of hydrogen-bond acceptors (Lipinski definition) is 5. The number of aliphatic hydroxyl groups is 2. The molecule has 48 heavy (non-hydrogen) atoms. The first-order valence-electron chi connectivity index (χ1n) is 18.1. The molecule has 11 heteroatoms. The van der Waals surface area contributed by atoms with E-state index < -0.39 is 45.2 Å². The van der Waals surface area contributed by atoms with Crippen LogP contribution >= 0.6 is 0 Å². The van der Waals surface area contributed by atoms with Crippen molar-refractivity contribution in [1.82, 2.24) is 0 Å². The van der Waals surface area contributed by atoms with Crippen LogP contribution in [0.1, 0.15) is 111 Å². The molecule has 1 aromatic carbocycles. The molecule has 272 valence electrons. The van der Waals surface area contributed by atoms with Gasteiger partial charge in [-0.25, -0.2) is 8.42 Å². The Kier molecular flexibility index (Phi) is 9.68. The van der Waals surface area contributed by atoms with Gasteiger partial charge in [0.1, 0.15) is 0 Å². The lowest BCUT2D eigenvalue weighted by molar-refractivity contribution is -0.290. The zero-order valence-electron chi connectivity index (χ0n) is 28.4. The molecule has 0 heterocycles. The lowest BCUT2D eigenvalue weighted by Gasteiger charge is -2.62. The van der Waals surface area contributed by atoms with Crippen LogP contribution in [-0.2, 0) is 14.6 Å². The molecule has 0 amide bonds. The van der Waals surface area contributed by atoms with Crippen LogP contribution in [0.3, 0.4) is 0 Å². The molecule has 2 N–H and O–H groups in total. The van der Waals surface area contributed by atoms with E-state index in [9.17, 15) is 40.6 Å². The van der Waals surface area contributed by atoms with Gasteiger partial charge >= 0.3 is 12.8 Å².